The summed E-state index contributed by atoms with van der Waals surface area (Å²) < 4.78 is 0. The Morgan fingerprint density at radius 3 is 2.08 bits per heavy atom. The van der Waals surface area contributed by atoms with Crippen LogP contribution >= 0.6 is 0 Å². The van der Waals surface area contributed by atoms with Crippen LogP contribution in [0.3, 0.4) is 0 Å². The topological polar surface area (TPSA) is 3.24 Å². The van der Waals surface area contributed by atoms with Crippen molar-refractivity contribution in [3.05, 3.63) is 35.4 Å². The van der Waals surface area contributed by atoms with Crippen molar-refractivity contribution in [2.75, 3.05) is 14.1 Å². The fourth-order valence-corrected chi connectivity index (χ4v) is 1.50. The zero-order valence-corrected chi connectivity index (χ0v) is 9.26. The van der Waals surface area contributed by atoms with Gasteiger partial charge in [-0.05, 0) is 46.0 Å². The van der Waals surface area contributed by atoms with E-state index in [9.17, 15) is 0 Å². The molecule has 0 bridgehead atoms. The minimum absolute atomic E-state index is 0.116. The Morgan fingerprint density at radius 2 is 1.62 bits per heavy atom. The van der Waals surface area contributed by atoms with Gasteiger partial charge in [0.2, 0.25) is 0 Å². The number of benzene rings is 1. The second kappa shape index (κ2) is 3.51. The molecule has 0 spiro atoms. The van der Waals surface area contributed by atoms with Gasteiger partial charge < -0.3 is 4.90 Å². The average molecular weight is 177 g/mol. The second-order valence-electron chi connectivity index (χ2n) is 4.27. The molecule has 0 amide bonds. The molecule has 1 nitrogen and oxygen atoms in total. The van der Waals surface area contributed by atoms with Crippen molar-refractivity contribution in [1.82, 2.24) is 4.90 Å². The molecule has 0 saturated heterocycles. The van der Waals surface area contributed by atoms with E-state index in [1.54, 1.807) is 0 Å². The van der Waals surface area contributed by atoms with Gasteiger partial charge in [-0.3, -0.25) is 0 Å². The van der Waals surface area contributed by atoms with Gasteiger partial charge in [0.05, 0.1) is 0 Å². The van der Waals surface area contributed by atoms with E-state index in [4.69, 9.17) is 0 Å². The molecule has 1 heteroatoms. The lowest BCUT2D eigenvalue weighted by Gasteiger charge is -2.34. The molecule has 0 aliphatic rings. The largest absolute Gasteiger partial charge is 0.300 e. The number of hydrogen-bond acceptors (Lipinski definition) is 1. The van der Waals surface area contributed by atoms with Crippen LogP contribution in [-0.2, 0) is 5.54 Å². The van der Waals surface area contributed by atoms with Gasteiger partial charge >= 0.3 is 0 Å². The fourth-order valence-electron chi connectivity index (χ4n) is 1.50. The SMILES string of the molecule is Cc1ccccc1C(C)(C)N(C)C. The number of nitrogens with zero attached hydrogens (tertiary/aromatic N) is 1. The van der Waals surface area contributed by atoms with Crippen LogP contribution in [-0.4, -0.2) is 19.0 Å². The first-order valence-corrected chi connectivity index (χ1v) is 4.70. The Balaban J connectivity index is 3.14. The van der Waals surface area contributed by atoms with Gasteiger partial charge in [-0.2, -0.15) is 0 Å². The predicted octanol–water partition coefficient (Wildman–Crippen LogP) is 2.79. The van der Waals surface area contributed by atoms with Gasteiger partial charge in [0.25, 0.3) is 0 Å². The van der Waals surface area contributed by atoms with Crippen molar-refractivity contribution in [2.45, 2.75) is 26.3 Å². The normalized spacial score (nSPS) is 12.2. The standard InChI is InChI=1S/C12H19N/c1-10-8-6-7-9-11(10)12(2,3)13(4)5/h6-9H,1-5H3. The average Bonchev–Trinajstić information content (AvgIpc) is 2.04. The third-order valence-corrected chi connectivity index (χ3v) is 2.92. The number of hydrogen-bond donors (Lipinski definition) is 0. The van der Waals surface area contributed by atoms with Crippen LogP contribution in [0.5, 0.6) is 0 Å². The lowest BCUT2D eigenvalue weighted by molar-refractivity contribution is 0.197. The maximum absolute atomic E-state index is 2.25. The van der Waals surface area contributed by atoms with Crippen molar-refractivity contribution in [3.8, 4) is 0 Å². The smallest absolute Gasteiger partial charge is 0.0400 e. The van der Waals surface area contributed by atoms with Gasteiger partial charge in [0.1, 0.15) is 0 Å². The molecule has 1 aromatic carbocycles. The first-order chi connectivity index (χ1) is 5.96. The maximum atomic E-state index is 2.25. The summed E-state index contributed by atoms with van der Waals surface area (Å²) in [6.07, 6.45) is 0. The minimum Gasteiger partial charge on any atom is -0.300 e. The van der Waals surface area contributed by atoms with Crippen LogP contribution in [0, 0.1) is 6.92 Å². The van der Waals surface area contributed by atoms with Crippen LogP contribution in [0.4, 0.5) is 0 Å². The molecule has 0 aromatic heterocycles. The van der Waals surface area contributed by atoms with Gasteiger partial charge in [0.15, 0.2) is 0 Å². The summed E-state index contributed by atoms with van der Waals surface area (Å²) in [7, 11) is 4.24. The molecule has 0 atom stereocenters. The highest BCUT2D eigenvalue weighted by Gasteiger charge is 2.23. The molecule has 1 rings (SSSR count). The Morgan fingerprint density at radius 1 is 1.08 bits per heavy atom. The van der Waals surface area contributed by atoms with Crippen molar-refractivity contribution >= 4 is 0 Å². The maximum Gasteiger partial charge on any atom is 0.0400 e. The molecule has 1 aromatic rings. The lowest BCUT2D eigenvalue weighted by atomic mass is 9.89. The fraction of sp³-hybridized carbons (Fsp3) is 0.500. The van der Waals surface area contributed by atoms with E-state index >= 15 is 0 Å². The minimum atomic E-state index is 0.116. The summed E-state index contributed by atoms with van der Waals surface area (Å²) in [5, 5.41) is 0. The van der Waals surface area contributed by atoms with E-state index in [1.165, 1.54) is 11.1 Å². The Bertz CT molecular complexity index is 287. The Labute approximate surface area is 81.4 Å². The molecule has 0 fully saturated rings. The zero-order valence-electron chi connectivity index (χ0n) is 9.26. The lowest BCUT2D eigenvalue weighted by Crippen LogP contribution is -2.35. The van der Waals surface area contributed by atoms with Gasteiger partial charge in [-0.1, -0.05) is 24.3 Å². The highest BCUT2D eigenvalue weighted by Crippen LogP contribution is 2.27. The van der Waals surface area contributed by atoms with Crippen LogP contribution in [0.15, 0.2) is 24.3 Å². The van der Waals surface area contributed by atoms with Crippen molar-refractivity contribution in [1.29, 1.82) is 0 Å². The summed E-state index contributed by atoms with van der Waals surface area (Å²) in [5.74, 6) is 0. The second-order valence-corrected chi connectivity index (χ2v) is 4.27. The molecule has 0 unspecified atom stereocenters. The van der Waals surface area contributed by atoms with Gasteiger partial charge in [0, 0.05) is 5.54 Å². The molecule has 0 radical (unpaired) electrons. The summed E-state index contributed by atoms with van der Waals surface area (Å²) in [5.41, 5.74) is 2.88. The van der Waals surface area contributed by atoms with Crippen LogP contribution in [0.2, 0.25) is 0 Å². The molecule has 13 heavy (non-hydrogen) atoms. The molecule has 0 heterocycles. The molecule has 0 aliphatic heterocycles. The van der Waals surface area contributed by atoms with Crippen LogP contribution in [0.1, 0.15) is 25.0 Å². The van der Waals surface area contributed by atoms with E-state index in [1.807, 2.05) is 0 Å². The first kappa shape index (κ1) is 10.3. The van der Waals surface area contributed by atoms with E-state index in [0.29, 0.717) is 0 Å². The number of rotatable bonds is 2. The zero-order chi connectivity index (χ0) is 10.1. The highest BCUT2D eigenvalue weighted by molar-refractivity contribution is 5.31. The molecule has 72 valence electrons. The Hall–Kier alpha value is -0.820. The third-order valence-electron chi connectivity index (χ3n) is 2.92. The molecule has 0 saturated carbocycles. The summed E-state index contributed by atoms with van der Waals surface area (Å²) in [4.78, 5) is 2.25. The van der Waals surface area contributed by atoms with Crippen LogP contribution < -0.4 is 0 Å². The monoisotopic (exact) mass is 177 g/mol. The first-order valence-electron chi connectivity index (χ1n) is 4.70. The van der Waals surface area contributed by atoms with E-state index in [2.05, 4.69) is 64.0 Å². The number of aryl methyl sites for hydroxylation is 1. The van der Waals surface area contributed by atoms with E-state index in [-0.39, 0.29) is 5.54 Å². The summed E-state index contributed by atoms with van der Waals surface area (Å²) >= 11 is 0. The van der Waals surface area contributed by atoms with Crippen molar-refractivity contribution < 1.29 is 0 Å². The molecule has 0 N–H and O–H groups in total. The van der Waals surface area contributed by atoms with Crippen LogP contribution in [0.25, 0.3) is 0 Å². The summed E-state index contributed by atoms with van der Waals surface area (Å²) in [6.45, 7) is 6.66. The van der Waals surface area contributed by atoms with Gasteiger partial charge in [-0.15, -0.1) is 0 Å². The molecular formula is C12H19N. The third kappa shape index (κ3) is 1.92. The Kier molecular flexibility index (Phi) is 2.77. The van der Waals surface area contributed by atoms with E-state index < -0.39 is 0 Å². The van der Waals surface area contributed by atoms with Gasteiger partial charge in [-0.25, -0.2) is 0 Å². The van der Waals surface area contributed by atoms with E-state index in [0.717, 1.165) is 0 Å². The van der Waals surface area contributed by atoms with Crippen molar-refractivity contribution in [2.24, 2.45) is 0 Å². The quantitative estimate of drug-likeness (QED) is 0.671. The summed E-state index contributed by atoms with van der Waals surface area (Å²) in [6, 6.07) is 8.56. The highest BCUT2D eigenvalue weighted by atomic mass is 15.1. The predicted molar refractivity (Wildman–Crippen MR) is 57.9 cm³/mol. The van der Waals surface area contributed by atoms with Crippen molar-refractivity contribution in [3.63, 3.8) is 0 Å². The molecular weight excluding hydrogens is 158 g/mol. The molecule has 0 aliphatic carbocycles.